The molecule has 1 N–H and O–H groups in total. The van der Waals surface area contributed by atoms with E-state index in [-0.39, 0.29) is 0 Å². The molecular formula is C14H19N3. The zero-order valence-corrected chi connectivity index (χ0v) is 10.2. The van der Waals surface area contributed by atoms with E-state index in [0.717, 1.165) is 18.9 Å². The van der Waals surface area contributed by atoms with Gasteiger partial charge in [0, 0.05) is 30.9 Å². The highest BCUT2D eigenvalue weighted by Crippen LogP contribution is 2.20. The van der Waals surface area contributed by atoms with Crippen molar-refractivity contribution >= 4 is 11.5 Å². The summed E-state index contributed by atoms with van der Waals surface area (Å²) in [4.78, 5) is 6.92. The molecular weight excluding hydrogens is 210 g/mol. The summed E-state index contributed by atoms with van der Waals surface area (Å²) in [6, 6.07) is 8.81. The molecule has 1 saturated heterocycles. The number of amidine groups is 1. The van der Waals surface area contributed by atoms with E-state index in [4.69, 9.17) is 0 Å². The first-order valence-electron chi connectivity index (χ1n) is 6.57. The second-order valence-corrected chi connectivity index (χ2v) is 4.75. The summed E-state index contributed by atoms with van der Waals surface area (Å²) in [6.07, 6.45) is 4.04. The lowest BCUT2D eigenvalue weighted by molar-refractivity contribution is 0.578. The third-order valence-corrected chi connectivity index (χ3v) is 3.54. The summed E-state index contributed by atoms with van der Waals surface area (Å²) in [7, 11) is 0. The molecule has 0 spiro atoms. The van der Waals surface area contributed by atoms with Crippen molar-refractivity contribution in [3.63, 3.8) is 0 Å². The molecule has 3 rings (SSSR count). The van der Waals surface area contributed by atoms with E-state index in [1.54, 1.807) is 0 Å². The van der Waals surface area contributed by atoms with Gasteiger partial charge in [-0.15, -0.1) is 0 Å². The molecule has 1 fully saturated rings. The van der Waals surface area contributed by atoms with E-state index >= 15 is 0 Å². The van der Waals surface area contributed by atoms with Crippen molar-refractivity contribution in [1.29, 1.82) is 0 Å². The SMILES string of the molecule is c1cc(N2CCCCC2)ccc1C1=NCCN1. The van der Waals surface area contributed by atoms with E-state index < -0.39 is 0 Å². The molecule has 0 aromatic heterocycles. The van der Waals surface area contributed by atoms with E-state index in [9.17, 15) is 0 Å². The first kappa shape index (κ1) is 10.6. The predicted molar refractivity (Wildman–Crippen MR) is 71.9 cm³/mol. The molecule has 0 aliphatic carbocycles. The first-order valence-corrected chi connectivity index (χ1v) is 6.57. The van der Waals surface area contributed by atoms with Gasteiger partial charge in [-0.05, 0) is 43.5 Å². The van der Waals surface area contributed by atoms with Gasteiger partial charge in [0.15, 0.2) is 0 Å². The Morgan fingerprint density at radius 1 is 1.00 bits per heavy atom. The van der Waals surface area contributed by atoms with Crippen LogP contribution < -0.4 is 10.2 Å². The summed E-state index contributed by atoms with van der Waals surface area (Å²) < 4.78 is 0. The molecule has 2 aliphatic heterocycles. The molecule has 2 aliphatic rings. The molecule has 0 bridgehead atoms. The van der Waals surface area contributed by atoms with Crippen LogP contribution in [0.1, 0.15) is 24.8 Å². The van der Waals surface area contributed by atoms with Gasteiger partial charge in [-0.25, -0.2) is 0 Å². The highest BCUT2D eigenvalue weighted by atomic mass is 15.1. The molecule has 0 radical (unpaired) electrons. The third-order valence-electron chi connectivity index (χ3n) is 3.54. The number of hydrogen-bond acceptors (Lipinski definition) is 3. The highest BCUT2D eigenvalue weighted by Gasteiger charge is 2.12. The number of piperidine rings is 1. The Morgan fingerprint density at radius 3 is 2.41 bits per heavy atom. The van der Waals surface area contributed by atoms with Gasteiger partial charge in [-0.3, -0.25) is 4.99 Å². The van der Waals surface area contributed by atoms with E-state index in [0.29, 0.717) is 0 Å². The largest absolute Gasteiger partial charge is 0.372 e. The Bertz CT molecular complexity index is 402. The normalized spacial score (nSPS) is 20.0. The minimum atomic E-state index is 0.906. The average Bonchev–Trinajstić information content (AvgIpc) is 2.94. The average molecular weight is 229 g/mol. The Hall–Kier alpha value is -1.51. The fourth-order valence-corrected chi connectivity index (χ4v) is 2.57. The number of benzene rings is 1. The van der Waals surface area contributed by atoms with E-state index in [1.807, 2.05) is 0 Å². The lowest BCUT2D eigenvalue weighted by atomic mass is 10.1. The standard InChI is InChI=1S/C14H19N3/c1-2-10-17(11-3-1)13-6-4-12(5-7-13)14-15-8-9-16-14/h4-7H,1-3,8-11H2,(H,15,16). The van der Waals surface area contributed by atoms with Gasteiger partial charge in [0.2, 0.25) is 0 Å². The maximum atomic E-state index is 4.44. The monoisotopic (exact) mass is 229 g/mol. The number of nitrogens with zero attached hydrogens (tertiary/aromatic N) is 2. The van der Waals surface area contributed by atoms with Crippen LogP contribution in [0.3, 0.4) is 0 Å². The van der Waals surface area contributed by atoms with Crippen molar-refractivity contribution in [2.75, 3.05) is 31.1 Å². The van der Waals surface area contributed by atoms with Gasteiger partial charge in [-0.2, -0.15) is 0 Å². The van der Waals surface area contributed by atoms with Crippen molar-refractivity contribution in [2.24, 2.45) is 4.99 Å². The molecule has 1 aromatic carbocycles. The van der Waals surface area contributed by atoms with Crippen LogP contribution in [0.5, 0.6) is 0 Å². The molecule has 0 amide bonds. The minimum absolute atomic E-state index is 0.906. The molecule has 2 heterocycles. The molecule has 1 aromatic rings. The molecule has 17 heavy (non-hydrogen) atoms. The third kappa shape index (κ3) is 2.28. The summed E-state index contributed by atoms with van der Waals surface area (Å²) >= 11 is 0. The second kappa shape index (κ2) is 4.78. The number of anilines is 1. The smallest absolute Gasteiger partial charge is 0.128 e. The number of rotatable bonds is 2. The quantitative estimate of drug-likeness (QED) is 0.840. The van der Waals surface area contributed by atoms with Crippen molar-refractivity contribution in [2.45, 2.75) is 19.3 Å². The maximum absolute atomic E-state index is 4.44. The number of nitrogens with one attached hydrogen (secondary N) is 1. The molecule has 3 nitrogen and oxygen atoms in total. The molecule has 0 unspecified atom stereocenters. The fraction of sp³-hybridized carbons (Fsp3) is 0.500. The van der Waals surface area contributed by atoms with Gasteiger partial charge < -0.3 is 10.2 Å². The zero-order chi connectivity index (χ0) is 11.5. The second-order valence-electron chi connectivity index (χ2n) is 4.75. The van der Waals surface area contributed by atoms with Crippen LogP contribution in [-0.4, -0.2) is 32.0 Å². The van der Waals surface area contributed by atoms with Crippen molar-refractivity contribution in [3.8, 4) is 0 Å². The van der Waals surface area contributed by atoms with Crippen LogP contribution in [0, 0.1) is 0 Å². The van der Waals surface area contributed by atoms with Crippen LogP contribution in [0.2, 0.25) is 0 Å². The van der Waals surface area contributed by atoms with Gasteiger partial charge >= 0.3 is 0 Å². The van der Waals surface area contributed by atoms with Gasteiger partial charge in [0.05, 0.1) is 6.54 Å². The van der Waals surface area contributed by atoms with Crippen molar-refractivity contribution in [3.05, 3.63) is 29.8 Å². The number of aliphatic imine (C=N–C) groups is 1. The highest BCUT2D eigenvalue weighted by molar-refractivity contribution is 5.99. The Labute approximate surface area is 103 Å². The summed E-state index contributed by atoms with van der Waals surface area (Å²) in [5.41, 5.74) is 2.57. The fourth-order valence-electron chi connectivity index (χ4n) is 2.57. The molecule has 0 atom stereocenters. The van der Waals surface area contributed by atoms with Gasteiger partial charge in [0.1, 0.15) is 5.84 Å². The summed E-state index contributed by atoms with van der Waals surface area (Å²) in [5, 5.41) is 3.31. The number of hydrogen-bond donors (Lipinski definition) is 1. The Kier molecular flexibility index (Phi) is 2.99. The van der Waals surface area contributed by atoms with Crippen LogP contribution in [-0.2, 0) is 0 Å². The van der Waals surface area contributed by atoms with Crippen molar-refractivity contribution in [1.82, 2.24) is 5.32 Å². The van der Waals surface area contributed by atoms with Gasteiger partial charge in [-0.1, -0.05) is 0 Å². The molecule has 3 heteroatoms. The minimum Gasteiger partial charge on any atom is -0.372 e. The predicted octanol–water partition coefficient (Wildman–Crippen LogP) is 2.03. The maximum Gasteiger partial charge on any atom is 0.128 e. The zero-order valence-electron chi connectivity index (χ0n) is 10.2. The van der Waals surface area contributed by atoms with Gasteiger partial charge in [0.25, 0.3) is 0 Å². The van der Waals surface area contributed by atoms with Crippen LogP contribution in [0.25, 0.3) is 0 Å². The van der Waals surface area contributed by atoms with Crippen LogP contribution in [0.15, 0.2) is 29.3 Å². The van der Waals surface area contributed by atoms with Crippen LogP contribution in [0.4, 0.5) is 5.69 Å². The molecule has 90 valence electrons. The molecule has 0 saturated carbocycles. The first-order chi connectivity index (χ1) is 8.43. The van der Waals surface area contributed by atoms with E-state index in [1.165, 1.54) is 43.6 Å². The van der Waals surface area contributed by atoms with Crippen molar-refractivity contribution < 1.29 is 0 Å². The Balaban J connectivity index is 1.75. The Morgan fingerprint density at radius 2 is 1.76 bits per heavy atom. The van der Waals surface area contributed by atoms with Crippen LogP contribution >= 0.6 is 0 Å². The van der Waals surface area contributed by atoms with E-state index in [2.05, 4.69) is 39.5 Å². The summed E-state index contributed by atoms with van der Waals surface area (Å²) in [5.74, 6) is 1.05. The lowest BCUT2D eigenvalue weighted by Gasteiger charge is -2.28. The topological polar surface area (TPSA) is 27.6 Å². The summed E-state index contributed by atoms with van der Waals surface area (Å²) in [6.45, 7) is 4.30. The lowest BCUT2D eigenvalue weighted by Crippen LogP contribution is -2.29.